The van der Waals surface area contributed by atoms with Crippen LogP contribution in [0.4, 0.5) is 0 Å². The first-order valence-corrected chi connectivity index (χ1v) is 7.05. The molecule has 1 unspecified atom stereocenters. The number of amides is 1. The average molecular weight is 318 g/mol. The summed E-state index contributed by atoms with van der Waals surface area (Å²) in [6, 6.07) is 17.7. The van der Waals surface area contributed by atoms with Crippen molar-refractivity contribution >= 4 is 21.8 Å². The van der Waals surface area contributed by atoms with Crippen molar-refractivity contribution in [3.05, 3.63) is 70.2 Å². The Hall–Kier alpha value is -1.61. The zero-order valence-electron chi connectivity index (χ0n) is 10.8. The lowest BCUT2D eigenvalue weighted by atomic mass is 10.1. The van der Waals surface area contributed by atoms with Crippen molar-refractivity contribution in [3.8, 4) is 0 Å². The molecule has 0 radical (unpaired) electrons. The Balaban J connectivity index is 1.98. The van der Waals surface area contributed by atoms with Gasteiger partial charge in [0.15, 0.2) is 0 Å². The lowest BCUT2D eigenvalue weighted by Gasteiger charge is -2.14. The number of rotatable bonds is 4. The molecular weight excluding hydrogens is 302 g/mol. The fourth-order valence-electron chi connectivity index (χ4n) is 1.97. The summed E-state index contributed by atoms with van der Waals surface area (Å²) in [5, 5.41) is 3.02. The molecule has 19 heavy (non-hydrogen) atoms. The van der Waals surface area contributed by atoms with Gasteiger partial charge < -0.3 is 5.32 Å². The van der Waals surface area contributed by atoms with Crippen molar-refractivity contribution in [2.24, 2.45) is 0 Å². The van der Waals surface area contributed by atoms with Crippen LogP contribution in [0.1, 0.15) is 22.8 Å². The third-order valence-electron chi connectivity index (χ3n) is 2.88. The summed E-state index contributed by atoms with van der Waals surface area (Å²) < 4.78 is 0.819. The van der Waals surface area contributed by atoms with Gasteiger partial charge in [0.25, 0.3) is 5.91 Å². The topological polar surface area (TPSA) is 29.1 Å². The van der Waals surface area contributed by atoms with Crippen LogP contribution in [0.5, 0.6) is 0 Å². The Bertz CT molecular complexity index is 554. The molecular formula is C16H16BrNO. The summed E-state index contributed by atoms with van der Waals surface area (Å²) in [5.41, 5.74) is 1.89. The zero-order chi connectivity index (χ0) is 13.7. The maximum absolute atomic E-state index is 12.1. The molecule has 0 aromatic heterocycles. The molecule has 2 aromatic carbocycles. The van der Waals surface area contributed by atoms with Crippen molar-refractivity contribution < 1.29 is 4.79 Å². The molecule has 3 heteroatoms. The molecule has 2 aromatic rings. The van der Waals surface area contributed by atoms with E-state index in [0.29, 0.717) is 5.56 Å². The highest BCUT2D eigenvalue weighted by Crippen LogP contribution is 2.15. The smallest absolute Gasteiger partial charge is 0.252 e. The van der Waals surface area contributed by atoms with Gasteiger partial charge >= 0.3 is 0 Å². The first kappa shape index (κ1) is 13.8. The van der Waals surface area contributed by atoms with E-state index in [1.165, 1.54) is 5.56 Å². The van der Waals surface area contributed by atoms with Crippen molar-refractivity contribution in [2.75, 3.05) is 0 Å². The van der Waals surface area contributed by atoms with Crippen LogP contribution in [0, 0.1) is 0 Å². The SMILES string of the molecule is CC(Cc1ccccc1)NC(=O)c1ccccc1Br. The largest absolute Gasteiger partial charge is 0.349 e. The van der Waals surface area contributed by atoms with Gasteiger partial charge in [-0.15, -0.1) is 0 Å². The number of halogens is 1. The van der Waals surface area contributed by atoms with Gasteiger partial charge in [0.05, 0.1) is 5.56 Å². The van der Waals surface area contributed by atoms with Crippen molar-refractivity contribution in [1.29, 1.82) is 0 Å². The van der Waals surface area contributed by atoms with E-state index in [4.69, 9.17) is 0 Å². The second-order valence-corrected chi connectivity index (χ2v) is 5.40. The molecule has 0 saturated carbocycles. The predicted octanol–water partition coefficient (Wildman–Crippen LogP) is 3.81. The molecule has 0 fully saturated rings. The fourth-order valence-corrected chi connectivity index (χ4v) is 2.43. The number of carbonyl (C=O) groups is 1. The van der Waals surface area contributed by atoms with Crippen LogP contribution in [-0.2, 0) is 6.42 Å². The molecule has 1 amide bonds. The number of hydrogen-bond acceptors (Lipinski definition) is 1. The van der Waals surface area contributed by atoms with Gasteiger partial charge in [-0.05, 0) is 47.0 Å². The van der Waals surface area contributed by atoms with E-state index in [1.807, 2.05) is 49.4 Å². The molecule has 2 rings (SSSR count). The number of carbonyl (C=O) groups excluding carboxylic acids is 1. The summed E-state index contributed by atoms with van der Waals surface area (Å²) >= 11 is 3.39. The van der Waals surface area contributed by atoms with Crippen LogP contribution in [-0.4, -0.2) is 11.9 Å². The van der Waals surface area contributed by atoms with Crippen molar-refractivity contribution in [2.45, 2.75) is 19.4 Å². The quantitative estimate of drug-likeness (QED) is 0.912. The number of hydrogen-bond donors (Lipinski definition) is 1. The molecule has 2 nitrogen and oxygen atoms in total. The van der Waals surface area contributed by atoms with E-state index in [-0.39, 0.29) is 11.9 Å². The summed E-state index contributed by atoms with van der Waals surface area (Å²) in [4.78, 5) is 12.1. The maximum Gasteiger partial charge on any atom is 0.252 e. The van der Waals surface area contributed by atoms with Gasteiger partial charge in [0, 0.05) is 10.5 Å². The van der Waals surface area contributed by atoms with Crippen LogP contribution >= 0.6 is 15.9 Å². The second kappa shape index (κ2) is 6.53. The number of benzene rings is 2. The summed E-state index contributed by atoms with van der Waals surface area (Å²) in [7, 11) is 0. The number of nitrogens with one attached hydrogen (secondary N) is 1. The van der Waals surface area contributed by atoms with Crippen molar-refractivity contribution in [1.82, 2.24) is 5.32 Å². The monoisotopic (exact) mass is 317 g/mol. The van der Waals surface area contributed by atoms with Crippen LogP contribution in [0.2, 0.25) is 0 Å². The van der Waals surface area contributed by atoms with E-state index in [2.05, 4.69) is 33.4 Å². The lowest BCUT2D eigenvalue weighted by Crippen LogP contribution is -2.34. The van der Waals surface area contributed by atoms with E-state index < -0.39 is 0 Å². The minimum atomic E-state index is -0.0455. The Morgan fingerprint density at radius 2 is 1.74 bits per heavy atom. The molecule has 98 valence electrons. The summed E-state index contributed by atoms with van der Waals surface area (Å²) in [6.45, 7) is 2.02. The highest BCUT2D eigenvalue weighted by atomic mass is 79.9. The highest BCUT2D eigenvalue weighted by molar-refractivity contribution is 9.10. The van der Waals surface area contributed by atoms with Gasteiger partial charge in [-0.2, -0.15) is 0 Å². The third kappa shape index (κ3) is 3.93. The molecule has 0 aliphatic heterocycles. The minimum absolute atomic E-state index is 0.0455. The molecule has 1 atom stereocenters. The van der Waals surface area contributed by atoms with E-state index >= 15 is 0 Å². The predicted molar refractivity (Wildman–Crippen MR) is 81.2 cm³/mol. The summed E-state index contributed by atoms with van der Waals surface area (Å²) in [6.07, 6.45) is 0.830. The van der Waals surface area contributed by atoms with Gasteiger partial charge in [0.2, 0.25) is 0 Å². The molecule has 0 saturated heterocycles. The van der Waals surface area contributed by atoms with Gasteiger partial charge in [-0.3, -0.25) is 4.79 Å². The molecule has 0 aliphatic carbocycles. The summed E-state index contributed by atoms with van der Waals surface area (Å²) in [5.74, 6) is -0.0455. The molecule has 0 spiro atoms. The van der Waals surface area contributed by atoms with E-state index in [0.717, 1.165) is 10.9 Å². The maximum atomic E-state index is 12.1. The average Bonchev–Trinajstić information content (AvgIpc) is 2.40. The Kier molecular flexibility index (Phi) is 4.74. The molecule has 1 N–H and O–H groups in total. The van der Waals surface area contributed by atoms with Gasteiger partial charge in [-0.25, -0.2) is 0 Å². The first-order valence-electron chi connectivity index (χ1n) is 6.26. The standard InChI is InChI=1S/C16H16BrNO/c1-12(11-13-7-3-2-4-8-13)18-16(19)14-9-5-6-10-15(14)17/h2-10,12H,11H2,1H3,(H,18,19). The Morgan fingerprint density at radius 3 is 2.42 bits per heavy atom. The van der Waals surface area contributed by atoms with Gasteiger partial charge in [0.1, 0.15) is 0 Å². The third-order valence-corrected chi connectivity index (χ3v) is 3.57. The van der Waals surface area contributed by atoms with Gasteiger partial charge in [-0.1, -0.05) is 42.5 Å². The van der Waals surface area contributed by atoms with Crippen LogP contribution in [0.15, 0.2) is 59.1 Å². The first-order chi connectivity index (χ1) is 9.16. The fraction of sp³-hybridized carbons (Fsp3) is 0.188. The van der Waals surface area contributed by atoms with Crippen LogP contribution < -0.4 is 5.32 Å². The lowest BCUT2D eigenvalue weighted by molar-refractivity contribution is 0.0939. The second-order valence-electron chi connectivity index (χ2n) is 4.54. The molecule has 0 aliphatic rings. The minimum Gasteiger partial charge on any atom is -0.349 e. The van der Waals surface area contributed by atoms with Crippen LogP contribution in [0.3, 0.4) is 0 Å². The molecule has 0 bridgehead atoms. The van der Waals surface area contributed by atoms with E-state index in [1.54, 1.807) is 0 Å². The normalized spacial score (nSPS) is 11.9. The van der Waals surface area contributed by atoms with Crippen molar-refractivity contribution in [3.63, 3.8) is 0 Å². The Morgan fingerprint density at radius 1 is 1.11 bits per heavy atom. The van der Waals surface area contributed by atoms with E-state index in [9.17, 15) is 4.79 Å². The zero-order valence-corrected chi connectivity index (χ0v) is 12.4. The Labute approximate surface area is 122 Å². The molecule has 0 heterocycles. The highest BCUT2D eigenvalue weighted by Gasteiger charge is 2.12. The van der Waals surface area contributed by atoms with Crippen LogP contribution in [0.25, 0.3) is 0 Å².